The Kier molecular flexibility index (Phi) is 5.80. The Balaban J connectivity index is 1.49. The third kappa shape index (κ3) is 4.06. The Hall–Kier alpha value is -3.54. The van der Waals surface area contributed by atoms with E-state index in [2.05, 4.69) is 0 Å². The van der Waals surface area contributed by atoms with Crippen LogP contribution in [0.25, 0.3) is 10.8 Å². The summed E-state index contributed by atoms with van der Waals surface area (Å²) < 4.78 is 10.6. The van der Waals surface area contributed by atoms with Gasteiger partial charge in [0.05, 0.1) is 25.8 Å². The number of methoxy groups -OCH3 is 2. The predicted molar refractivity (Wildman–Crippen MR) is 120 cm³/mol. The molecule has 4 rings (SSSR count). The Bertz CT molecular complexity index is 1120. The summed E-state index contributed by atoms with van der Waals surface area (Å²) >= 11 is 0. The second-order valence-electron chi connectivity index (χ2n) is 7.79. The molecule has 0 radical (unpaired) electrons. The lowest BCUT2D eigenvalue weighted by atomic mass is 10.1. The highest BCUT2D eigenvalue weighted by molar-refractivity contribution is 6.06. The topological polar surface area (TPSA) is 59.1 Å². The van der Waals surface area contributed by atoms with Gasteiger partial charge in [-0.05, 0) is 29.1 Å². The molecule has 1 heterocycles. The summed E-state index contributed by atoms with van der Waals surface area (Å²) in [7, 11) is 4.94. The molecule has 0 saturated carbocycles. The molecule has 0 aliphatic carbocycles. The van der Waals surface area contributed by atoms with Crippen molar-refractivity contribution in [3.05, 3.63) is 66.2 Å². The van der Waals surface area contributed by atoms with E-state index >= 15 is 0 Å². The minimum Gasteiger partial charge on any atom is -0.493 e. The maximum Gasteiger partial charge on any atom is 0.228 e. The van der Waals surface area contributed by atoms with E-state index < -0.39 is 0 Å². The monoisotopic (exact) mass is 418 g/mol. The van der Waals surface area contributed by atoms with Crippen LogP contribution in [0.4, 0.5) is 5.69 Å². The van der Waals surface area contributed by atoms with E-state index in [9.17, 15) is 9.59 Å². The zero-order valence-corrected chi connectivity index (χ0v) is 18.0. The van der Waals surface area contributed by atoms with Crippen LogP contribution in [0.3, 0.4) is 0 Å². The van der Waals surface area contributed by atoms with Gasteiger partial charge in [0.1, 0.15) is 0 Å². The first kappa shape index (κ1) is 20.7. The second kappa shape index (κ2) is 8.68. The number of benzene rings is 3. The van der Waals surface area contributed by atoms with Crippen LogP contribution in [0.15, 0.2) is 60.7 Å². The molecular formula is C25H26N2O4. The molecule has 2 amide bonds. The molecule has 6 nitrogen and oxygen atoms in total. The second-order valence-corrected chi connectivity index (χ2v) is 7.79. The molecule has 1 unspecified atom stereocenters. The zero-order chi connectivity index (χ0) is 22.0. The molecule has 160 valence electrons. The van der Waals surface area contributed by atoms with E-state index in [1.807, 2.05) is 60.7 Å². The minimum absolute atomic E-state index is 0.0192. The van der Waals surface area contributed by atoms with Crippen molar-refractivity contribution >= 4 is 28.3 Å². The van der Waals surface area contributed by atoms with Crippen molar-refractivity contribution in [1.82, 2.24) is 4.90 Å². The van der Waals surface area contributed by atoms with Gasteiger partial charge < -0.3 is 19.3 Å². The molecule has 1 atom stereocenters. The Labute approximate surface area is 182 Å². The van der Waals surface area contributed by atoms with E-state index in [4.69, 9.17) is 9.47 Å². The van der Waals surface area contributed by atoms with E-state index in [0.29, 0.717) is 24.6 Å². The molecule has 0 N–H and O–H groups in total. The van der Waals surface area contributed by atoms with Gasteiger partial charge in [-0.1, -0.05) is 42.5 Å². The van der Waals surface area contributed by atoms with Crippen molar-refractivity contribution in [3.8, 4) is 11.5 Å². The fourth-order valence-electron chi connectivity index (χ4n) is 4.19. The number of ether oxygens (including phenoxy) is 2. The van der Waals surface area contributed by atoms with Gasteiger partial charge in [-0.25, -0.2) is 0 Å². The Morgan fingerprint density at radius 2 is 1.77 bits per heavy atom. The molecule has 3 aromatic rings. The first-order chi connectivity index (χ1) is 15.0. The van der Waals surface area contributed by atoms with Crippen LogP contribution in [0.1, 0.15) is 12.0 Å². The van der Waals surface area contributed by atoms with Gasteiger partial charge in [0.15, 0.2) is 11.5 Å². The highest BCUT2D eigenvalue weighted by Gasteiger charge is 2.37. The number of carbonyl (C=O) groups is 2. The average Bonchev–Trinajstić information content (AvgIpc) is 3.19. The quantitative estimate of drug-likeness (QED) is 0.610. The summed E-state index contributed by atoms with van der Waals surface area (Å²) in [5, 5.41) is 2.10. The predicted octanol–water partition coefficient (Wildman–Crippen LogP) is 3.87. The lowest BCUT2D eigenvalue weighted by molar-refractivity contribution is -0.135. The molecule has 1 aliphatic rings. The van der Waals surface area contributed by atoms with Gasteiger partial charge in [-0.2, -0.15) is 0 Å². The maximum atomic E-state index is 13.1. The first-order valence-corrected chi connectivity index (χ1v) is 10.3. The number of fused-ring (bicyclic) bond motifs is 1. The highest BCUT2D eigenvalue weighted by Crippen LogP contribution is 2.33. The largest absolute Gasteiger partial charge is 0.493 e. The van der Waals surface area contributed by atoms with Crippen molar-refractivity contribution in [2.24, 2.45) is 5.92 Å². The number of carbonyl (C=O) groups excluding carboxylic acids is 2. The standard InChI is InChI=1S/C25H26N2O4/c1-26(15-17-11-12-22(30-2)23(13-17)31-3)25(29)19-14-24(28)27(16-19)21-10-6-8-18-7-4-5-9-20(18)21/h4-13,19H,14-16H2,1-3H3. The lowest BCUT2D eigenvalue weighted by Crippen LogP contribution is -2.34. The summed E-state index contributed by atoms with van der Waals surface area (Å²) in [4.78, 5) is 29.3. The third-order valence-corrected chi connectivity index (χ3v) is 5.78. The van der Waals surface area contributed by atoms with Crippen LogP contribution >= 0.6 is 0 Å². The number of hydrogen-bond acceptors (Lipinski definition) is 4. The molecule has 1 fully saturated rings. The average molecular weight is 418 g/mol. The molecule has 1 saturated heterocycles. The maximum absolute atomic E-state index is 13.1. The number of rotatable bonds is 6. The summed E-state index contributed by atoms with van der Waals surface area (Å²) in [6.07, 6.45) is 0.221. The van der Waals surface area contributed by atoms with Crippen LogP contribution in [0.2, 0.25) is 0 Å². The number of nitrogens with zero attached hydrogens (tertiary/aromatic N) is 2. The highest BCUT2D eigenvalue weighted by atomic mass is 16.5. The van der Waals surface area contributed by atoms with Crippen LogP contribution in [-0.2, 0) is 16.1 Å². The molecule has 0 aromatic heterocycles. The molecule has 6 heteroatoms. The number of amides is 2. The van der Waals surface area contributed by atoms with Crippen molar-refractivity contribution in [2.75, 3.05) is 32.7 Å². The van der Waals surface area contributed by atoms with Crippen molar-refractivity contribution < 1.29 is 19.1 Å². The number of anilines is 1. The summed E-state index contributed by atoms with van der Waals surface area (Å²) in [6.45, 7) is 0.820. The van der Waals surface area contributed by atoms with Gasteiger partial charge in [0.2, 0.25) is 11.8 Å². The molecule has 0 bridgehead atoms. The van der Waals surface area contributed by atoms with E-state index in [-0.39, 0.29) is 24.2 Å². The first-order valence-electron chi connectivity index (χ1n) is 10.3. The summed E-state index contributed by atoms with van der Waals surface area (Å²) in [6, 6.07) is 19.5. The summed E-state index contributed by atoms with van der Waals surface area (Å²) in [5.74, 6) is 0.850. The van der Waals surface area contributed by atoms with E-state index in [1.165, 1.54) is 0 Å². The molecule has 3 aromatic carbocycles. The third-order valence-electron chi connectivity index (χ3n) is 5.78. The van der Waals surface area contributed by atoms with E-state index in [0.717, 1.165) is 22.0 Å². The normalized spacial score (nSPS) is 15.9. The van der Waals surface area contributed by atoms with E-state index in [1.54, 1.807) is 31.1 Å². The van der Waals surface area contributed by atoms with Gasteiger partial charge in [-0.3, -0.25) is 9.59 Å². The lowest BCUT2D eigenvalue weighted by Gasteiger charge is -2.22. The van der Waals surface area contributed by atoms with Gasteiger partial charge in [0.25, 0.3) is 0 Å². The van der Waals surface area contributed by atoms with Crippen molar-refractivity contribution in [2.45, 2.75) is 13.0 Å². The smallest absolute Gasteiger partial charge is 0.228 e. The number of hydrogen-bond donors (Lipinski definition) is 0. The molecule has 1 aliphatic heterocycles. The zero-order valence-electron chi connectivity index (χ0n) is 18.0. The minimum atomic E-state index is -0.364. The van der Waals surface area contributed by atoms with Crippen LogP contribution in [0.5, 0.6) is 11.5 Å². The van der Waals surface area contributed by atoms with Gasteiger partial charge in [-0.15, -0.1) is 0 Å². The molecular weight excluding hydrogens is 392 g/mol. The van der Waals surface area contributed by atoms with Crippen molar-refractivity contribution in [1.29, 1.82) is 0 Å². The summed E-state index contributed by atoms with van der Waals surface area (Å²) in [5.41, 5.74) is 1.80. The Morgan fingerprint density at radius 3 is 2.55 bits per heavy atom. The van der Waals surface area contributed by atoms with Crippen LogP contribution in [0, 0.1) is 5.92 Å². The molecule has 31 heavy (non-hydrogen) atoms. The van der Waals surface area contributed by atoms with Crippen LogP contribution < -0.4 is 14.4 Å². The van der Waals surface area contributed by atoms with Crippen molar-refractivity contribution in [3.63, 3.8) is 0 Å². The van der Waals surface area contributed by atoms with Crippen LogP contribution in [-0.4, -0.2) is 44.5 Å². The molecule has 0 spiro atoms. The van der Waals surface area contributed by atoms with Gasteiger partial charge >= 0.3 is 0 Å². The fourth-order valence-corrected chi connectivity index (χ4v) is 4.19. The Morgan fingerprint density at radius 1 is 1.03 bits per heavy atom. The van der Waals surface area contributed by atoms with Gasteiger partial charge in [0, 0.05) is 31.9 Å². The fraction of sp³-hybridized carbons (Fsp3) is 0.280. The SMILES string of the molecule is COc1ccc(CN(C)C(=O)C2CC(=O)N(c3cccc4ccccc34)C2)cc1OC.